The highest BCUT2D eigenvalue weighted by Crippen LogP contribution is 2.30. The SMILES string of the molecule is Nc1cc(Br)ccc1Nc1cc(Br)c(F)cc1F. The Morgan fingerprint density at radius 3 is 2.33 bits per heavy atom. The Kier molecular flexibility index (Phi) is 3.87. The highest BCUT2D eigenvalue weighted by atomic mass is 79.9. The molecule has 6 heteroatoms. The third kappa shape index (κ3) is 2.81. The molecule has 2 rings (SSSR count). The van der Waals surface area contributed by atoms with Crippen molar-refractivity contribution in [1.82, 2.24) is 0 Å². The van der Waals surface area contributed by atoms with E-state index in [4.69, 9.17) is 5.73 Å². The van der Waals surface area contributed by atoms with E-state index < -0.39 is 11.6 Å². The molecular weight excluding hydrogens is 370 g/mol. The third-order valence-corrected chi connectivity index (χ3v) is 3.39. The van der Waals surface area contributed by atoms with E-state index in [2.05, 4.69) is 37.2 Å². The van der Waals surface area contributed by atoms with Crippen LogP contribution in [0.2, 0.25) is 0 Å². The molecule has 2 aromatic carbocycles. The summed E-state index contributed by atoms with van der Waals surface area (Å²) in [4.78, 5) is 0. The molecule has 0 unspecified atom stereocenters. The molecule has 0 aromatic heterocycles. The summed E-state index contributed by atoms with van der Waals surface area (Å²) in [6, 6.07) is 7.30. The zero-order valence-corrected chi connectivity index (χ0v) is 12.1. The van der Waals surface area contributed by atoms with Gasteiger partial charge in [-0.3, -0.25) is 0 Å². The summed E-state index contributed by atoms with van der Waals surface area (Å²) in [5.41, 5.74) is 6.95. The van der Waals surface area contributed by atoms with Gasteiger partial charge in [0, 0.05) is 10.5 Å². The Labute approximate surface area is 119 Å². The zero-order chi connectivity index (χ0) is 13.3. The number of benzene rings is 2. The fraction of sp³-hybridized carbons (Fsp3) is 0. The smallest absolute Gasteiger partial charge is 0.149 e. The highest BCUT2D eigenvalue weighted by Gasteiger charge is 2.09. The van der Waals surface area contributed by atoms with Crippen molar-refractivity contribution in [3.63, 3.8) is 0 Å². The summed E-state index contributed by atoms with van der Waals surface area (Å²) in [5, 5.41) is 2.82. The van der Waals surface area contributed by atoms with Gasteiger partial charge in [0.05, 0.1) is 21.5 Å². The van der Waals surface area contributed by atoms with Crippen molar-refractivity contribution in [2.45, 2.75) is 0 Å². The van der Waals surface area contributed by atoms with Crippen LogP contribution in [0.3, 0.4) is 0 Å². The van der Waals surface area contributed by atoms with Crippen molar-refractivity contribution in [3.05, 3.63) is 50.9 Å². The largest absolute Gasteiger partial charge is 0.397 e. The van der Waals surface area contributed by atoms with Gasteiger partial charge >= 0.3 is 0 Å². The monoisotopic (exact) mass is 376 g/mol. The summed E-state index contributed by atoms with van der Waals surface area (Å²) in [6.07, 6.45) is 0. The lowest BCUT2D eigenvalue weighted by Crippen LogP contribution is -1.99. The van der Waals surface area contributed by atoms with Crippen LogP contribution in [0.4, 0.5) is 25.8 Å². The molecule has 3 N–H and O–H groups in total. The molecule has 2 nitrogen and oxygen atoms in total. The van der Waals surface area contributed by atoms with Crippen LogP contribution in [0.1, 0.15) is 0 Å². The first kappa shape index (κ1) is 13.3. The summed E-state index contributed by atoms with van der Waals surface area (Å²) >= 11 is 6.28. The van der Waals surface area contributed by atoms with E-state index in [0.717, 1.165) is 10.5 Å². The minimum Gasteiger partial charge on any atom is -0.397 e. The van der Waals surface area contributed by atoms with Crippen molar-refractivity contribution in [3.8, 4) is 0 Å². The average molecular weight is 378 g/mol. The molecule has 0 aliphatic carbocycles. The molecule has 0 spiro atoms. The van der Waals surface area contributed by atoms with Crippen LogP contribution in [0.5, 0.6) is 0 Å². The molecule has 0 radical (unpaired) electrons. The Hall–Kier alpha value is -1.14. The van der Waals surface area contributed by atoms with Crippen LogP contribution in [0.15, 0.2) is 39.3 Å². The molecule has 0 atom stereocenters. The van der Waals surface area contributed by atoms with Crippen molar-refractivity contribution < 1.29 is 8.78 Å². The van der Waals surface area contributed by atoms with Crippen molar-refractivity contribution >= 4 is 48.9 Å². The summed E-state index contributed by atoms with van der Waals surface area (Å²) in [6.45, 7) is 0. The van der Waals surface area contributed by atoms with E-state index in [-0.39, 0.29) is 10.2 Å². The molecule has 0 fully saturated rings. The van der Waals surface area contributed by atoms with Crippen LogP contribution in [0, 0.1) is 11.6 Å². The maximum absolute atomic E-state index is 13.6. The Morgan fingerprint density at radius 1 is 0.944 bits per heavy atom. The normalized spacial score (nSPS) is 10.4. The first-order valence-electron chi connectivity index (χ1n) is 4.94. The topological polar surface area (TPSA) is 38.0 Å². The van der Waals surface area contributed by atoms with Crippen LogP contribution < -0.4 is 11.1 Å². The van der Waals surface area contributed by atoms with Gasteiger partial charge < -0.3 is 11.1 Å². The molecule has 2 aromatic rings. The van der Waals surface area contributed by atoms with Gasteiger partial charge in [-0.2, -0.15) is 0 Å². The van der Waals surface area contributed by atoms with E-state index in [1.807, 2.05) is 0 Å². The molecule has 94 valence electrons. The lowest BCUT2D eigenvalue weighted by molar-refractivity contribution is 0.581. The van der Waals surface area contributed by atoms with E-state index in [9.17, 15) is 8.78 Å². The van der Waals surface area contributed by atoms with Gasteiger partial charge in [0.15, 0.2) is 0 Å². The Morgan fingerprint density at radius 2 is 1.67 bits per heavy atom. The summed E-state index contributed by atoms with van der Waals surface area (Å²) in [5.74, 6) is -1.33. The highest BCUT2D eigenvalue weighted by molar-refractivity contribution is 9.10. The number of anilines is 3. The second-order valence-corrected chi connectivity index (χ2v) is 5.37. The van der Waals surface area contributed by atoms with Crippen LogP contribution in [-0.2, 0) is 0 Å². The van der Waals surface area contributed by atoms with Gasteiger partial charge in [-0.1, -0.05) is 15.9 Å². The molecule has 0 heterocycles. The summed E-state index contributed by atoms with van der Waals surface area (Å²) < 4.78 is 27.6. The van der Waals surface area contributed by atoms with Gasteiger partial charge in [-0.15, -0.1) is 0 Å². The molecular formula is C12H8Br2F2N2. The third-order valence-electron chi connectivity index (χ3n) is 2.29. The van der Waals surface area contributed by atoms with Gasteiger partial charge in [0.25, 0.3) is 0 Å². The number of hydrogen-bond donors (Lipinski definition) is 2. The fourth-order valence-electron chi connectivity index (χ4n) is 1.41. The van der Waals surface area contributed by atoms with Gasteiger partial charge in [-0.25, -0.2) is 8.78 Å². The quantitative estimate of drug-likeness (QED) is 0.581. The average Bonchev–Trinajstić information content (AvgIpc) is 2.29. The van der Waals surface area contributed by atoms with Crippen LogP contribution >= 0.6 is 31.9 Å². The first-order valence-corrected chi connectivity index (χ1v) is 6.52. The first-order chi connectivity index (χ1) is 8.47. The van der Waals surface area contributed by atoms with Gasteiger partial charge in [0.1, 0.15) is 11.6 Å². The standard InChI is InChI=1S/C12H8Br2F2N2/c13-6-1-2-11(10(17)3-6)18-12-4-7(14)8(15)5-9(12)16/h1-5,18H,17H2. The number of hydrogen-bond acceptors (Lipinski definition) is 2. The molecule has 0 saturated heterocycles. The minimum atomic E-state index is -0.682. The zero-order valence-electron chi connectivity index (χ0n) is 8.98. The second-order valence-electron chi connectivity index (χ2n) is 3.60. The lowest BCUT2D eigenvalue weighted by atomic mass is 10.2. The molecule has 0 bridgehead atoms. The van der Waals surface area contributed by atoms with E-state index in [1.54, 1.807) is 18.2 Å². The predicted octanol–water partition coefficient (Wildman–Crippen LogP) is 4.82. The molecule has 0 aliphatic rings. The Balaban J connectivity index is 2.37. The molecule has 18 heavy (non-hydrogen) atoms. The van der Waals surface area contributed by atoms with E-state index in [0.29, 0.717) is 11.4 Å². The lowest BCUT2D eigenvalue weighted by Gasteiger charge is -2.11. The van der Waals surface area contributed by atoms with Crippen molar-refractivity contribution in [2.24, 2.45) is 0 Å². The maximum atomic E-state index is 13.6. The van der Waals surface area contributed by atoms with Crippen LogP contribution in [0.25, 0.3) is 0 Å². The number of nitrogen functional groups attached to an aromatic ring is 1. The number of nitrogens with two attached hydrogens (primary N) is 1. The number of halogens is 4. The minimum absolute atomic E-state index is 0.150. The van der Waals surface area contributed by atoms with E-state index >= 15 is 0 Å². The van der Waals surface area contributed by atoms with Crippen molar-refractivity contribution in [2.75, 3.05) is 11.1 Å². The molecule has 0 saturated carbocycles. The molecule has 0 amide bonds. The maximum Gasteiger partial charge on any atom is 0.149 e. The van der Waals surface area contributed by atoms with Gasteiger partial charge in [-0.05, 0) is 40.2 Å². The molecule has 0 aliphatic heterocycles. The van der Waals surface area contributed by atoms with Gasteiger partial charge in [0.2, 0.25) is 0 Å². The van der Waals surface area contributed by atoms with E-state index in [1.165, 1.54) is 6.07 Å². The Bertz CT molecular complexity index is 603. The fourth-order valence-corrected chi connectivity index (χ4v) is 2.13. The summed E-state index contributed by atoms with van der Waals surface area (Å²) in [7, 11) is 0. The number of rotatable bonds is 2. The predicted molar refractivity (Wildman–Crippen MR) is 75.9 cm³/mol. The second kappa shape index (κ2) is 5.24. The van der Waals surface area contributed by atoms with Crippen molar-refractivity contribution in [1.29, 1.82) is 0 Å². The number of nitrogens with one attached hydrogen (secondary N) is 1. The van der Waals surface area contributed by atoms with Crippen LogP contribution in [-0.4, -0.2) is 0 Å².